The molecular weight excluding hydrogens is 242 g/mol. The number of hydrogen-bond donors (Lipinski definition) is 2. The van der Waals surface area contributed by atoms with Crippen molar-refractivity contribution < 1.29 is 18.9 Å². The zero-order valence-corrected chi connectivity index (χ0v) is 9.34. The fourth-order valence-electron chi connectivity index (χ4n) is 1.67. The normalized spacial score (nSPS) is 19.7. The molecule has 96 valence electrons. The van der Waals surface area contributed by atoms with E-state index in [-0.39, 0.29) is 30.7 Å². The predicted octanol–water partition coefficient (Wildman–Crippen LogP) is 0.0826. The second-order valence-electron chi connectivity index (χ2n) is 3.88. The number of imide groups is 1. The van der Waals surface area contributed by atoms with E-state index < -0.39 is 11.0 Å². The lowest BCUT2D eigenvalue weighted by Gasteiger charge is -2.21. The van der Waals surface area contributed by atoms with E-state index >= 15 is 0 Å². The summed E-state index contributed by atoms with van der Waals surface area (Å²) in [4.78, 5) is 32.1. The molecule has 1 atom stereocenters. The Morgan fingerprint density at radius 2 is 2.28 bits per heavy atom. The van der Waals surface area contributed by atoms with Gasteiger partial charge < -0.3 is 4.42 Å². The molecule has 18 heavy (non-hydrogen) atoms. The Balaban J connectivity index is 1.89. The van der Waals surface area contributed by atoms with Crippen LogP contribution >= 0.6 is 0 Å². The highest BCUT2D eigenvalue weighted by atomic mass is 16.6. The number of nitrogens with one attached hydrogen (secondary N) is 2. The summed E-state index contributed by atoms with van der Waals surface area (Å²) in [5.41, 5.74) is 0. The van der Waals surface area contributed by atoms with E-state index in [0.29, 0.717) is 12.2 Å². The van der Waals surface area contributed by atoms with Crippen LogP contribution in [0.4, 0.5) is 5.88 Å². The average molecular weight is 253 g/mol. The molecule has 1 aromatic rings. The monoisotopic (exact) mass is 253 g/mol. The number of furan rings is 1. The molecule has 8 nitrogen and oxygen atoms in total. The molecule has 2 N–H and O–H groups in total. The first-order chi connectivity index (χ1) is 8.56. The Morgan fingerprint density at radius 1 is 1.50 bits per heavy atom. The average Bonchev–Trinajstić information content (AvgIpc) is 2.76. The zero-order chi connectivity index (χ0) is 13.1. The van der Waals surface area contributed by atoms with Crippen molar-refractivity contribution in [3.8, 4) is 0 Å². The van der Waals surface area contributed by atoms with E-state index in [9.17, 15) is 19.7 Å². The number of amides is 2. The molecule has 1 unspecified atom stereocenters. The van der Waals surface area contributed by atoms with E-state index in [4.69, 9.17) is 4.42 Å². The fraction of sp³-hybridized carbons (Fsp3) is 0.400. The molecule has 2 amide bonds. The van der Waals surface area contributed by atoms with E-state index in [1.165, 1.54) is 12.1 Å². The molecule has 1 fully saturated rings. The first kappa shape index (κ1) is 12.2. The van der Waals surface area contributed by atoms with Crippen molar-refractivity contribution in [2.45, 2.75) is 25.4 Å². The molecule has 0 aliphatic carbocycles. The number of carbonyl (C=O) groups is 2. The van der Waals surface area contributed by atoms with Crippen LogP contribution in [0.15, 0.2) is 16.5 Å². The third-order valence-electron chi connectivity index (χ3n) is 2.59. The molecule has 0 bridgehead atoms. The number of nitro groups is 1. The van der Waals surface area contributed by atoms with Crippen LogP contribution in [0.5, 0.6) is 0 Å². The van der Waals surface area contributed by atoms with Crippen molar-refractivity contribution in [1.82, 2.24) is 10.6 Å². The summed E-state index contributed by atoms with van der Waals surface area (Å²) in [7, 11) is 0. The molecule has 0 saturated carbocycles. The molecule has 2 rings (SSSR count). The Labute approximate surface area is 101 Å². The predicted molar refractivity (Wildman–Crippen MR) is 58.4 cm³/mol. The highest BCUT2D eigenvalue weighted by molar-refractivity contribution is 6.00. The van der Waals surface area contributed by atoms with Gasteiger partial charge in [-0.15, -0.1) is 0 Å². The van der Waals surface area contributed by atoms with Gasteiger partial charge in [0.1, 0.15) is 10.7 Å². The second kappa shape index (κ2) is 4.96. The lowest BCUT2D eigenvalue weighted by atomic mass is 10.1. The second-order valence-corrected chi connectivity index (χ2v) is 3.88. The Kier molecular flexibility index (Phi) is 3.38. The third-order valence-corrected chi connectivity index (χ3v) is 2.59. The molecule has 2 heterocycles. The van der Waals surface area contributed by atoms with Gasteiger partial charge in [-0.05, 0) is 12.5 Å². The maximum absolute atomic E-state index is 11.4. The summed E-state index contributed by atoms with van der Waals surface area (Å²) in [6, 6.07) is 2.24. The molecule has 0 spiro atoms. The molecule has 0 radical (unpaired) electrons. The molecule has 1 aromatic heterocycles. The maximum Gasteiger partial charge on any atom is 0.433 e. The van der Waals surface area contributed by atoms with E-state index in [1.807, 2.05) is 0 Å². The van der Waals surface area contributed by atoms with Gasteiger partial charge in [-0.3, -0.25) is 30.3 Å². The summed E-state index contributed by atoms with van der Waals surface area (Å²) in [5.74, 6) is -0.638. The van der Waals surface area contributed by atoms with E-state index in [0.717, 1.165) is 0 Å². The van der Waals surface area contributed by atoms with Crippen molar-refractivity contribution in [2.75, 3.05) is 0 Å². The first-order valence-corrected chi connectivity index (χ1v) is 5.36. The van der Waals surface area contributed by atoms with Crippen LogP contribution in [0.25, 0.3) is 0 Å². The molecular formula is C10H11N3O5. The van der Waals surface area contributed by atoms with Gasteiger partial charge >= 0.3 is 5.88 Å². The molecule has 0 aromatic carbocycles. The topological polar surface area (TPSA) is 114 Å². The number of rotatable bonds is 4. The van der Waals surface area contributed by atoms with Crippen LogP contribution < -0.4 is 10.6 Å². The number of piperidine rings is 1. The van der Waals surface area contributed by atoms with Gasteiger partial charge in [0.15, 0.2) is 0 Å². The van der Waals surface area contributed by atoms with Crippen molar-refractivity contribution in [3.63, 3.8) is 0 Å². The van der Waals surface area contributed by atoms with Crippen LogP contribution in [-0.2, 0) is 16.1 Å². The lowest BCUT2D eigenvalue weighted by molar-refractivity contribution is -0.402. The first-order valence-electron chi connectivity index (χ1n) is 5.36. The van der Waals surface area contributed by atoms with Crippen molar-refractivity contribution in [2.24, 2.45) is 0 Å². The summed E-state index contributed by atoms with van der Waals surface area (Å²) in [6.45, 7) is 0.195. The van der Waals surface area contributed by atoms with Gasteiger partial charge in [0, 0.05) is 6.42 Å². The molecule has 1 aliphatic heterocycles. The standard InChI is InChI=1S/C10H11N3O5/c14-8-3-2-7(10(15)12-8)11-5-6-1-4-9(18-6)13(16)17/h1,4,7,11H,2-3,5H2,(H,12,14,15). The highest BCUT2D eigenvalue weighted by Crippen LogP contribution is 2.15. The molecule has 1 aliphatic rings. The van der Waals surface area contributed by atoms with Gasteiger partial charge in [0.25, 0.3) is 0 Å². The van der Waals surface area contributed by atoms with Gasteiger partial charge in [-0.2, -0.15) is 0 Å². The third kappa shape index (κ3) is 2.72. The highest BCUT2D eigenvalue weighted by Gasteiger charge is 2.26. The van der Waals surface area contributed by atoms with Gasteiger partial charge in [-0.1, -0.05) is 0 Å². The zero-order valence-electron chi connectivity index (χ0n) is 9.34. The Morgan fingerprint density at radius 3 is 2.89 bits per heavy atom. The minimum Gasteiger partial charge on any atom is -0.404 e. The SMILES string of the molecule is O=C1CCC(NCc2ccc([N+](=O)[O-])o2)C(=O)N1. The minimum atomic E-state index is -0.629. The van der Waals surface area contributed by atoms with Crippen LogP contribution in [0.3, 0.4) is 0 Å². The van der Waals surface area contributed by atoms with Gasteiger partial charge in [-0.25, -0.2) is 0 Å². The summed E-state index contributed by atoms with van der Waals surface area (Å²) in [5, 5.41) is 15.5. The quantitative estimate of drug-likeness (QED) is 0.446. The van der Waals surface area contributed by atoms with Gasteiger partial charge in [0.2, 0.25) is 11.8 Å². The van der Waals surface area contributed by atoms with Gasteiger partial charge in [0.05, 0.1) is 18.7 Å². The summed E-state index contributed by atoms with van der Waals surface area (Å²) < 4.78 is 4.93. The van der Waals surface area contributed by atoms with E-state index in [2.05, 4.69) is 10.6 Å². The largest absolute Gasteiger partial charge is 0.433 e. The van der Waals surface area contributed by atoms with Crippen molar-refractivity contribution in [3.05, 3.63) is 28.0 Å². The Bertz CT molecular complexity index is 495. The van der Waals surface area contributed by atoms with Crippen LogP contribution in [0.1, 0.15) is 18.6 Å². The number of nitrogens with zero attached hydrogens (tertiary/aromatic N) is 1. The maximum atomic E-state index is 11.4. The van der Waals surface area contributed by atoms with Crippen molar-refractivity contribution in [1.29, 1.82) is 0 Å². The number of hydrogen-bond acceptors (Lipinski definition) is 6. The molecule has 1 saturated heterocycles. The summed E-state index contributed by atoms with van der Waals surface area (Å²) >= 11 is 0. The smallest absolute Gasteiger partial charge is 0.404 e. The summed E-state index contributed by atoms with van der Waals surface area (Å²) in [6.07, 6.45) is 0.690. The lowest BCUT2D eigenvalue weighted by Crippen LogP contribution is -2.50. The van der Waals surface area contributed by atoms with E-state index in [1.54, 1.807) is 0 Å². The fourth-order valence-corrected chi connectivity index (χ4v) is 1.67. The van der Waals surface area contributed by atoms with Crippen LogP contribution in [0, 0.1) is 10.1 Å². The Hall–Kier alpha value is -2.22. The number of carbonyl (C=O) groups excluding carboxylic acids is 2. The molecule has 8 heteroatoms. The van der Waals surface area contributed by atoms with Crippen molar-refractivity contribution >= 4 is 17.7 Å². The van der Waals surface area contributed by atoms with Crippen LogP contribution in [0.2, 0.25) is 0 Å². The van der Waals surface area contributed by atoms with Crippen LogP contribution in [-0.4, -0.2) is 22.8 Å². The minimum absolute atomic E-state index is 0.195.